The lowest BCUT2D eigenvalue weighted by Crippen LogP contribution is -2.32. The van der Waals surface area contributed by atoms with E-state index in [1.807, 2.05) is 30.3 Å². The summed E-state index contributed by atoms with van der Waals surface area (Å²) in [5.41, 5.74) is 2.53. The Morgan fingerprint density at radius 1 is 0.900 bits per heavy atom. The van der Waals surface area contributed by atoms with Crippen LogP contribution >= 0.6 is 0 Å². The van der Waals surface area contributed by atoms with Gasteiger partial charge in [0.1, 0.15) is 5.75 Å². The number of nitrogens with zero attached hydrogens (tertiary/aromatic N) is 2. The van der Waals surface area contributed by atoms with Gasteiger partial charge >= 0.3 is 0 Å². The summed E-state index contributed by atoms with van der Waals surface area (Å²) >= 11 is 0. The van der Waals surface area contributed by atoms with Crippen molar-refractivity contribution >= 4 is 38.9 Å². The molecule has 1 aliphatic rings. The Morgan fingerprint density at radius 2 is 1.57 bits per heavy atom. The number of anilines is 3. The van der Waals surface area contributed by atoms with E-state index in [9.17, 15) is 18.0 Å². The van der Waals surface area contributed by atoms with Crippen LogP contribution in [0, 0.1) is 0 Å². The molecule has 5 rings (SSSR count). The third-order valence-electron chi connectivity index (χ3n) is 6.74. The minimum atomic E-state index is -4.07. The van der Waals surface area contributed by atoms with E-state index in [2.05, 4.69) is 5.32 Å². The minimum Gasteiger partial charge on any atom is -0.497 e. The number of nitrogens with one attached hydrogen (secondary N) is 1. The lowest BCUT2D eigenvalue weighted by atomic mass is 10.1. The van der Waals surface area contributed by atoms with Crippen molar-refractivity contribution in [2.75, 3.05) is 28.2 Å². The summed E-state index contributed by atoms with van der Waals surface area (Å²) in [6, 6.07) is 29.0. The molecular weight excluding hydrogens is 526 g/mol. The fourth-order valence-electron chi connectivity index (χ4n) is 4.65. The van der Waals surface area contributed by atoms with Crippen LogP contribution in [0.5, 0.6) is 5.75 Å². The van der Waals surface area contributed by atoms with Crippen molar-refractivity contribution in [3.8, 4) is 5.75 Å². The number of carbonyl (C=O) groups is 2. The highest BCUT2D eigenvalue weighted by Gasteiger charge is 2.29. The number of benzene rings is 4. The summed E-state index contributed by atoms with van der Waals surface area (Å²) < 4.78 is 34.4. The van der Waals surface area contributed by atoms with Gasteiger partial charge in [0.15, 0.2) is 0 Å². The molecule has 1 saturated heterocycles. The highest BCUT2D eigenvalue weighted by molar-refractivity contribution is 7.92. The maximum atomic E-state index is 14.0. The number of hydrogen-bond acceptors (Lipinski definition) is 5. The van der Waals surface area contributed by atoms with Crippen molar-refractivity contribution in [1.82, 2.24) is 0 Å². The summed E-state index contributed by atoms with van der Waals surface area (Å²) in [4.78, 5) is 27.4. The SMILES string of the molecule is COc1ccc(S(=O)(=O)N(Cc2ccccc2)c2ccccc2C(=O)Nc2ccc(N3CCCC3=O)cc2)cc1. The van der Waals surface area contributed by atoms with Crippen LogP contribution in [-0.4, -0.2) is 33.9 Å². The quantitative estimate of drug-likeness (QED) is 0.296. The predicted molar refractivity (Wildman–Crippen MR) is 155 cm³/mol. The van der Waals surface area contributed by atoms with Gasteiger partial charge < -0.3 is 15.0 Å². The molecule has 0 radical (unpaired) electrons. The van der Waals surface area contributed by atoms with Crippen LogP contribution in [0.15, 0.2) is 108 Å². The number of amides is 2. The van der Waals surface area contributed by atoms with Gasteiger partial charge in [-0.05, 0) is 72.6 Å². The van der Waals surface area contributed by atoms with Gasteiger partial charge in [0.2, 0.25) is 5.91 Å². The van der Waals surface area contributed by atoms with Crippen molar-refractivity contribution < 1.29 is 22.7 Å². The Labute approximate surface area is 233 Å². The summed E-state index contributed by atoms with van der Waals surface area (Å²) in [6.07, 6.45) is 1.36. The Kier molecular flexibility index (Phi) is 7.84. The number of sulfonamides is 1. The number of hydrogen-bond donors (Lipinski definition) is 1. The summed E-state index contributed by atoms with van der Waals surface area (Å²) in [7, 11) is -2.55. The molecule has 0 aliphatic carbocycles. The molecule has 0 unspecified atom stereocenters. The number of ether oxygens (including phenoxy) is 1. The first-order chi connectivity index (χ1) is 19.4. The van der Waals surface area contributed by atoms with E-state index < -0.39 is 15.9 Å². The van der Waals surface area contributed by atoms with Crippen molar-refractivity contribution in [2.24, 2.45) is 0 Å². The van der Waals surface area contributed by atoms with Gasteiger partial charge in [-0.2, -0.15) is 0 Å². The number of carbonyl (C=O) groups excluding carboxylic acids is 2. The van der Waals surface area contributed by atoms with E-state index in [-0.39, 0.29) is 28.6 Å². The van der Waals surface area contributed by atoms with Crippen LogP contribution in [0.1, 0.15) is 28.8 Å². The summed E-state index contributed by atoms with van der Waals surface area (Å²) in [5, 5.41) is 2.87. The molecule has 1 heterocycles. The second-order valence-electron chi connectivity index (χ2n) is 9.34. The van der Waals surface area contributed by atoms with E-state index in [1.165, 1.54) is 23.5 Å². The van der Waals surface area contributed by atoms with Crippen LogP contribution in [-0.2, 0) is 21.4 Å². The zero-order valence-corrected chi connectivity index (χ0v) is 22.8. The molecule has 4 aromatic carbocycles. The highest BCUT2D eigenvalue weighted by atomic mass is 32.2. The van der Waals surface area contributed by atoms with E-state index in [0.29, 0.717) is 24.4 Å². The molecule has 0 aromatic heterocycles. The first-order valence-corrected chi connectivity index (χ1v) is 14.3. The average molecular weight is 556 g/mol. The molecule has 8 nitrogen and oxygen atoms in total. The predicted octanol–water partition coefficient (Wildman–Crippen LogP) is 5.47. The second-order valence-corrected chi connectivity index (χ2v) is 11.2. The Morgan fingerprint density at radius 3 is 2.23 bits per heavy atom. The molecule has 1 aliphatic heterocycles. The molecule has 0 saturated carbocycles. The third-order valence-corrected chi connectivity index (χ3v) is 8.52. The molecular formula is C31H29N3O5S. The van der Waals surface area contributed by atoms with Crippen LogP contribution in [0.4, 0.5) is 17.1 Å². The highest BCUT2D eigenvalue weighted by Crippen LogP contribution is 2.31. The van der Waals surface area contributed by atoms with Gasteiger partial charge in [-0.15, -0.1) is 0 Å². The number of methoxy groups -OCH3 is 1. The molecule has 2 amide bonds. The lowest BCUT2D eigenvalue weighted by Gasteiger charge is -2.27. The Balaban J connectivity index is 1.47. The van der Waals surface area contributed by atoms with Crippen molar-refractivity contribution in [3.05, 3.63) is 114 Å². The van der Waals surface area contributed by atoms with Crippen LogP contribution < -0.4 is 19.3 Å². The molecule has 40 heavy (non-hydrogen) atoms. The van der Waals surface area contributed by atoms with Crippen LogP contribution in [0.25, 0.3) is 0 Å². The summed E-state index contributed by atoms with van der Waals surface area (Å²) in [6.45, 7) is 0.704. The molecule has 4 aromatic rings. The monoisotopic (exact) mass is 555 g/mol. The van der Waals surface area contributed by atoms with Gasteiger partial charge in [0.25, 0.3) is 15.9 Å². The number of rotatable bonds is 9. The Hall–Kier alpha value is -4.63. The fraction of sp³-hybridized carbons (Fsp3) is 0.161. The first-order valence-electron chi connectivity index (χ1n) is 12.9. The average Bonchev–Trinajstić information content (AvgIpc) is 3.42. The van der Waals surface area contributed by atoms with Crippen molar-refractivity contribution in [2.45, 2.75) is 24.3 Å². The Bertz CT molecular complexity index is 1610. The maximum Gasteiger partial charge on any atom is 0.264 e. The molecule has 1 N–H and O–H groups in total. The lowest BCUT2D eigenvalue weighted by molar-refractivity contribution is -0.117. The van der Waals surface area contributed by atoms with Gasteiger partial charge in [-0.25, -0.2) is 8.42 Å². The number of para-hydroxylation sites is 1. The zero-order valence-electron chi connectivity index (χ0n) is 22.0. The first kappa shape index (κ1) is 27.0. The zero-order chi connectivity index (χ0) is 28.1. The standard InChI is InChI=1S/C31H29N3O5S/c1-39-26-17-19-27(20-18-26)40(37,38)34(22-23-8-3-2-4-9-23)29-11-6-5-10-28(29)31(36)32-24-13-15-25(16-14-24)33-21-7-12-30(33)35/h2-6,8-11,13-20H,7,12,21-22H2,1H3,(H,32,36). The third kappa shape index (κ3) is 5.69. The molecule has 0 spiro atoms. The van der Waals surface area contributed by atoms with Gasteiger partial charge in [-0.3, -0.25) is 13.9 Å². The largest absolute Gasteiger partial charge is 0.497 e. The second kappa shape index (κ2) is 11.6. The van der Waals surface area contributed by atoms with E-state index in [1.54, 1.807) is 65.6 Å². The molecule has 204 valence electrons. The smallest absolute Gasteiger partial charge is 0.264 e. The fourth-order valence-corrected chi connectivity index (χ4v) is 6.12. The molecule has 0 atom stereocenters. The van der Waals surface area contributed by atoms with Crippen LogP contribution in [0.3, 0.4) is 0 Å². The molecule has 1 fully saturated rings. The van der Waals surface area contributed by atoms with Gasteiger partial charge in [0.05, 0.1) is 29.8 Å². The van der Waals surface area contributed by atoms with Gasteiger partial charge in [0, 0.05) is 24.3 Å². The van der Waals surface area contributed by atoms with Crippen molar-refractivity contribution in [1.29, 1.82) is 0 Å². The van der Waals surface area contributed by atoms with E-state index in [0.717, 1.165) is 17.7 Å². The topological polar surface area (TPSA) is 96.0 Å². The minimum absolute atomic E-state index is 0.0258. The van der Waals surface area contributed by atoms with E-state index >= 15 is 0 Å². The maximum absolute atomic E-state index is 14.0. The summed E-state index contributed by atoms with van der Waals surface area (Å²) in [5.74, 6) is 0.166. The molecule has 0 bridgehead atoms. The van der Waals surface area contributed by atoms with E-state index in [4.69, 9.17) is 4.74 Å². The van der Waals surface area contributed by atoms with Gasteiger partial charge in [-0.1, -0.05) is 42.5 Å². The van der Waals surface area contributed by atoms with Crippen LogP contribution in [0.2, 0.25) is 0 Å². The molecule has 9 heteroatoms. The van der Waals surface area contributed by atoms with Crippen molar-refractivity contribution in [3.63, 3.8) is 0 Å². The normalized spacial score (nSPS) is 13.2.